The average molecular weight is 335 g/mol. The molecule has 0 saturated heterocycles. The van der Waals surface area contributed by atoms with E-state index in [9.17, 15) is 14.7 Å². The van der Waals surface area contributed by atoms with Crippen molar-refractivity contribution < 1.29 is 14.6 Å². The second-order valence-electron chi connectivity index (χ2n) is 4.27. The normalized spacial score (nSPS) is 10.7. The summed E-state index contributed by atoms with van der Waals surface area (Å²) in [5.74, 6) is 0.0997. The molecule has 120 valence electrons. The van der Waals surface area contributed by atoms with Crippen LogP contribution in [0.2, 0.25) is 0 Å². The molecule has 5 N–H and O–H groups in total. The van der Waals surface area contributed by atoms with Crippen molar-refractivity contribution in [3.63, 3.8) is 0 Å². The summed E-state index contributed by atoms with van der Waals surface area (Å²) in [6.07, 6.45) is 0.963. The molecule has 0 fully saturated rings. The molecular formula is C13H13N5O4S. The molecule has 0 bridgehead atoms. The molecule has 10 heteroatoms. The van der Waals surface area contributed by atoms with E-state index in [0.717, 1.165) is 6.21 Å². The molecule has 1 aromatic carbocycles. The number of carbonyl (C=O) groups excluding carboxylic acids is 1. The Bertz CT molecular complexity index is 887. The number of hydrogen-bond acceptors (Lipinski definition) is 6. The Labute approximate surface area is 135 Å². The van der Waals surface area contributed by atoms with Gasteiger partial charge in [-0.3, -0.25) is 14.3 Å². The maximum absolute atomic E-state index is 11.9. The molecule has 0 aliphatic carbocycles. The van der Waals surface area contributed by atoms with Crippen molar-refractivity contribution in [3.05, 3.63) is 45.0 Å². The fourth-order valence-electron chi connectivity index (χ4n) is 1.80. The zero-order valence-electron chi connectivity index (χ0n) is 11.9. The average Bonchev–Trinajstić information content (AvgIpc) is 2.50. The number of hydrazone groups is 1. The van der Waals surface area contributed by atoms with Crippen LogP contribution in [-0.2, 0) is 0 Å². The lowest BCUT2D eigenvalue weighted by molar-refractivity contribution is 0.249. The number of amides is 2. The second-order valence-corrected chi connectivity index (χ2v) is 4.65. The highest BCUT2D eigenvalue weighted by molar-refractivity contribution is 7.71. The molecule has 2 aromatic rings. The molecular weight excluding hydrogens is 322 g/mol. The standard InChI is InChI=1S/C13H13N5O4S/c1-22-8-4-2-3-7(5-8)18-11(20)9(6-15-17-12(14)21)10(19)16-13(18)23/h2-6,20H,1H3,(H3,14,17,21)(H,16,19,23). The molecule has 1 heterocycles. The SMILES string of the molecule is COc1cccc(-n2c(O)c(C=NNC(N)=O)c(=O)[nH]c2=S)c1. The zero-order chi connectivity index (χ0) is 17.0. The minimum atomic E-state index is -0.905. The highest BCUT2D eigenvalue weighted by atomic mass is 32.1. The van der Waals surface area contributed by atoms with Gasteiger partial charge in [-0.1, -0.05) is 6.07 Å². The van der Waals surface area contributed by atoms with Crippen molar-refractivity contribution >= 4 is 24.5 Å². The zero-order valence-corrected chi connectivity index (χ0v) is 12.8. The molecule has 2 rings (SSSR count). The Morgan fingerprint density at radius 1 is 1.57 bits per heavy atom. The summed E-state index contributed by atoms with van der Waals surface area (Å²) in [7, 11) is 1.50. The van der Waals surface area contributed by atoms with E-state index in [1.807, 2.05) is 5.43 Å². The number of aromatic nitrogens is 2. The first-order valence-electron chi connectivity index (χ1n) is 6.25. The van der Waals surface area contributed by atoms with E-state index in [2.05, 4.69) is 10.1 Å². The Morgan fingerprint density at radius 2 is 2.30 bits per heavy atom. The quantitative estimate of drug-likeness (QED) is 0.369. The first kappa shape index (κ1) is 16.2. The molecule has 0 radical (unpaired) electrons. The summed E-state index contributed by atoms with van der Waals surface area (Å²) in [6, 6.07) is 5.80. The van der Waals surface area contributed by atoms with Crippen LogP contribution in [0.1, 0.15) is 5.56 Å². The lowest BCUT2D eigenvalue weighted by Gasteiger charge is -2.12. The van der Waals surface area contributed by atoms with Crippen LogP contribution in [0.4, 0.5) is 4.79 Å². The van der Waals surface area contributed by atoms with E-state index in [0.29, 0.717) is 11.4 Å². The van der Waals surface area contributed by atoms with Crippen LogP contribution in [0, 0.1) is 4.77 Å². The monoisotopic (exact) mass is 335 g/mol. The Morgan fingerprint density at radius 3 is 2.96 bits per heavy atom. The number of H-pyrrole nitrogens is 1. The number of nitrogens with two attached hydrogens (primary N) is 1. The van der Waals surface area contributed by atoms with Crippen LogP contribution in [0.15, 0.2) is 34.2 Å². The Balaban J connectivity index is 2.60. The topological polar surface area (TPSA) is 135 Å². The summed E-state index contributed by atoms with van der Waals surface area (Å²) >= 11 is 5.07. The van der Waals surface area contributed by atoms with Crippen molar-refractivity contribution in [1.82, 2.24) is 15.0 Å². The van der Waals surface area contributed by atoms with E-state index < -0.39 is 17.5 Å². The molecule has 0 unspecified atom stereocenters. The third-order valence-electron chi connectivity index (χ3n) is 2.80. The number of hydrogen-bond donors (Lipinski definition) is 4. The third kappa shape index (κ3) is 3.55. The van der Waals surface area contributed by atoms with Gasteiger partial charge >= 0.3 is 6.03 Å². The van der Waals surface area contributed by atoms with Gasteiger partial charge in [-0.2, -0.15) is 5.10 Å². The fourth-order valence-corrected chi connectivity index (χ4v) is 2.09. The molecule has 0 spiro atoms. The maximum Gasteiger partial charge on any atom is 0.332 e. The molecule has 23 heavy (non-hydrogen) atoms. The predicted octanol–water partition coefficient (Wildman–Crippen LogP) is 0.611. The lowest BCUT2D eigenvalue weighted by Crippen LogP contribution is -2.25. The van der Waals surface area contributed by atoms with Crippen LogP contribution < -0.4 is 21.5 Å². The summed E-state index contributed by atoms with van der Waals surface area (Å²) in [5, 5.41) is 13.8. The van der Waals surface area contributed by atoms with Crippen LogP contribution >= 0.6 is 12.2 Å². The van der Waals surface area contributed by atoms with Crippen molar-refractivity contribution in [2.24, 2.45) is 10.8 Å². The van der Waals surface area contributed by atoms with Crippen LogP contribution in [0.5, 0.6) is 11.6 Å². The number of methoxy groups -OCH3 is 1. The van der Waals surface area contributed by atoms with E-state index in [-0.39, 0.29) is 10.3 Å². The number of aromatic amines is 1. The second kappa shape index (κ2) is 6.75. The van der Waals surface area contributed by atoms with E-state index >= 15 is 0 Å². The van der Waals surface area contributed by atoms with Gasteiger partial charge in [0, 0.05) is 6.07 Å². The van der Waals surface area contributed by atoms with Gasteiger partial charge in [-0.15, -0.1) is 0 Å². The van der Waals surface area contributed by atoms with Gasteiger partial charge in [0.2, 0.25) is 5.88 Å². The highest BCUT2D eigenvalue weighted by Gasteiger charge is 2.13. The van der Waals surface area contributed by atoms with Gasteiger partial charge in [0.05, 0.1) is 19.0 Å². The number of ether oxygens (including phenoxy) is 1. The number of primary amides is 1. The molecule has 0 saturated carbocycles. The van der Waals surface area contributed by atoms with E-state index in [1.54, 1.807) is 24.3 Å². The first-order valence-corrected chi connectivity index (χ1v) is 6.66. The summed E-state index contributed by atoms with van der Waals surface area (Å²) in [4.78, 5) is 24.9. The number of urea groups is 1. The first-order chi connectivity index (χ1) is 10.9. The van der Waals surface area contributed by atoms with Crippen molar-refractivity contribution in [2.45, 2.75) is 0 Å². The summed E-state index contributed by atoms with van der Waals surface area (Å²) < 4.78 is 6.33. The Kier molecular flexibility index (Phi) is 4.76. The van der Waals surface area contributed by atoms with Gasteiger partial charge in [0.1, 0.15) is 11.3 Å². The molecule has 9 nitrogen and oxygen atoms in total. The van der Waals surface area contributed by atoms with Crippen molar-refractivity contribution in [2.75, 3.05) is 7.11 Å². The van der Waals surface area contributed by atoms with Gasteiger partial charge < -0.3 is 15.6 Å². The fraction of sp³-hybridized carbons (Fsp3) is 0.0769. The number of aromatic hydroxyl groups is 1. The largest absolute Gasteiger partial charge is 0.497 e. The smallest absolute Gasteiger partial charge is 0.332 e. The van der Waals surface area contributed by atoms with Gasteiger partial charge in [0.25, 0.3) is 5.56 Å². The minimum absolute atomic E-state index is 0.0132. The van der Waals surface area contributed by atoms with E-state index in [1.165, 1.54) is 11.7 Å². The predicted molar refractivity (Wildman–Crippen MR) is 85.8 cm³/mol. The van der Waals surface area contributed by atoms with Gasteiger partial charge in [-0.25, -0.2) is 10.2 Å². The Hall–Kier alpha value is -3.14. The van der Waals surface area contributed by atoms with Crippen molar-refractivity contribution in [3.8, 4) is 17.3 Å². The summed E-state index contributed by atoms with van der Waals surface area (Å²) in [6.45, 7) is 0. The van der Waals surface area contributed by atoms with Gasteiger partial charge in [0.15, 0.2) is 4.77 Å². The van der Waals surface area contributed by atoms with E-state index in [4.69, 9.17) is 22.7 Å². The molecule has 2 amide bonds. The summed E-state index contributed by atoms with van der Waals surface area (Å²) in [5.41, 5.74) is 6.40. The number of carbonyl (C=O) groups is 1. The van der Waals surface area contributed by atoms with Crippen LogP contribution in [-0.4, -0.2) is 34.0 Å². The van der Waals surface area contributed by atoms with Crippen LogP contribution in [0.3, 0.4) is 0 Å². The number of nitrogens with zero attached hydrogens (tertiary/aromatic N) is 2. The molecule has 1 aromatic heterocycles. The molecule has 0 aliphatic rings. The molecule has 0 aliphatic heterocycles. The third-order valence-corrected chi connectivity index (χ3v) is 3.09. The van der Waals surface area contributed by atoms with Crippen LogP contribution in [0.25, 0.3) is 5.69 Å². The van der Waals surface area contributed by atoms with Crippen molar-refractivity contribution in [1.29, 1.82) is 0 Å². The number of nitrogens with one attached hydrogen (secondary N) is 2. The minimum Gasteiger partial charge on any atom is -0.497 e. The number of benzene rings is 1. The molecule has 0 atom stereocenters. The van der Waals surface area contributed by atoms with Gasteiger partial charge in [-0.05, 0) is 24.4 Å². The lowest BCUT2D eigenvalue weighted by atomic mass is 10.2. The maximum atomic E-state index is 11.9. The number of rotatable bonds is 4. The highest BCUT2D eigenvalue weighted by Crippen LogP contribution is 2.22.